The highest BCUT2D eigenvalue weighted by Gasteiger charge is 2.12. The van der Waals surface area contributed by atoms with Gasteiger partial charge in [-0.05, 0) is 43.7 Å². The SMILES string of the molecule is Cc1ccc(C)c(C(=O)COc2ncnc3ccc(Br)cc23)c1. The molecule has 0 atom stereocenters. The van der Waals surface area contributed by atoms with E-state index in [-0.39, 0.29) is 12.4 Å². The summed E-state index contributed by atoms with van der Waals surface area (Å²) in [6.07, 6.45) is 1.44. The molecule has 2 aromatic carbocycles. The molecule has 1 aromatic heterocycles. The molecule has 0 aliphatic rings. The molecule has 0 saturated heterocycles. The Kier molecular flexibility index (Phi) is 4.39. The van der Waals surface area contributed by atoms with Gasteiger partial charge in [-0.15, -0.1) is 0 Å². The van der Waals surface area contributed by atoms with E-state index in [1.54, 1.807) is 0 Å². The van der Waals surface area contributed by atoms with Crippen molar-refractivity contribution >= 4 is 32.6 Å². The van der Waals surface area contributed by atoms with Gasteiger partial charge >= 0.3 is 0 Å². The smallest absolute Gasteiger partial charge is 0.224 e. The highest BCUT2D eigenvalue weighted by atomic mass is 79.9. The number of aryl methyl sites for hydroxylation is 2. The first kappa shape index (κ1) is 15.6. The molecule has 0 amide bonds. The Labute approximate surface area is 142 Å². The normalized spacial score (nSPS) is 10.7. The van der Waals surface area contributed by atoms with Crippen LogP contribution in [-0.4, -0.2) is 22.4 Å². The van der Waals surface area contributed by atoms with E-state index >= 15 is 0 Å². The number of ketones is 1. The molecule has 0 N–H and O–H groups in total. The quantitative estimate of drug-likeness (QED) is 0.643. The molecular weight excluding hydrogens is 356 g/mol. The predicted octanol–water partition coefficient (Wildman–Crippen LogP) is 4.27. The van der Waals surface area contributed by atoms with Gasteiger partial charge in [0.15, 0.2) is 6.61 Å². The minimum Gasteiger partial charge on any atom is -0.469 e. The van der Waals surface area contributed by atoms with Crippen LogP contribution >= 0.6 is 15.9 Å². The summed E-state index contributed by atoms with van der Waals surface area (Å²) in [5, 5.41) is 0.774. The highest BCUT2D eigenvalue weighted by molar-refractivity contribution is 9.10. The van der Waals surface area contributed by atoms with Crippen molar-refractivity contribution in [3.05, 3.63) is 63.9 Å². The number of ether oxygens (including phenoxy) is 1. The average molecular weight is 371 g/mol. The third-order valence-corrected chi connectivity index (χ3v) is 4.09. The number of benzene rings is 2. The van der Waals surface area contributed by atoms with E-state index in [0.29, 0.717) is 11.4 Å². The van der Waals surface area contributed by atoms with Gasteiger partial charge in [0.2, 0.25) is 11.7 Å². The van der Waals surface area contributed by atoms with Crippen LogP contribution in [0.3, 0.4) is 0 Å². The highest BCUT2D eigenvalue weighted by Crippen LogP contribution is 2.25. The lowest BCUT2D eigenvalue weighted by Gasteiger charge is -2.09. The van der Waals surface area contributed by atoms with Gasteiger partial charge in [0, 0.05) is 10.0 Å². The van der Waals surface area contributed by atoms with E-state index in [0.717, 1.165) is 26.5 Å². The third-order valence-electron chi connectivity index (χ3n) is 3.59. The molecular formula is C18H15BrN2O2. The second kappa shape index (κ2) is 6.46. The molecule has 0 radical (unpaired) electrons. The van der Waals surface area contributed by atoms with E-state index in [9.17, 15) is 4.79 Å². The maximum atomic E-state index is 12.4. The van der Waals surface area contributed by atoms with Crippen LogP contribution in [-0.2, 0) is 0 Å². The van der Waals surface area contributed by atoms with Crippen LogP contribution in [0, 0.1) is 13.8 Å². The van der Waals surface area contributed by atoms with Crippen molar-refractivity contribution < 1.29 is 9.53 Å². The molecule has 0 bridgehead atoms. The molecule has 23 heavy (non-hydrogen) atoms. The van der Waals surface area contributed by atoms with Crippen LogP contribution in [0.15, 0.2) is 47.2 Å². The topological polar surface area (TPSA) is 52.1 Å². The summed E-state index contributed by atoms with van der Waals surface area (Å²) in [4.78, 5) is 20.8. The lowest BCUT2D eigenvalue weighted by Crippen LogP contribution is -2.14. The zero-order valence-electron chi connectivity index (χ0n) is 12.8. The number of hydrogen-bond donors (Lipinski definition) is 0. The lowest BCUT2D eigenvalue weighted by atomic mass is 10.0. The summed E-state index contributed by atoms with van der Waals surface area (Å²) in [6.45, 7) is 3.83. The van der Waals surface area contributed by atoms with Gasteiger partial charge in [-0.2, -0.15) is 0 Å². The first-order valence-corrected chi connectivity index (χ1v) is 7.97. The number of fused-ring (bicyclic) bond motifs is 1. The van der Waals surface area contributed by atoms with Crippen LogP contribution in [0.25, 0.3) is 10.9 Å². The van der Waals surface area contributed by atoms with E-state index < -0.39 is 0 Å². The molecule has 0 fully saturated rings. The largest absolute Gasteiger partial charge is 0.469 e. The van der Waals surface area contributed by atoms with Crippen molar-refractivity contribution in [3.63, 3.8) is 0 Å². The monoisotopic (exact) mass is 370 g/mol. The predicted molar refractivity (Wildman–Crippen MR) is 93.0 cm³/mol. The molecule has 4 nitrogen and oxygen atoms in total. The summed E-state index contributed by atoms with van der Waals surface area (Å²) in [5.74, 6) is 0.350. The molecule has 0 aliphatic carbocycles. The summed E-state index contributed by atoms with van der Waals surface area (Å²) in [6, 6.07) is 11.5. The lowest BCUT2D eigenvalue weighted by molar-refractivity contribution is 0.0918. The third kappa shape index (κ3) is 3.40. The summed E-state index contributed by atoms with van der Waals surface area (Å²) in [7, 11) is 0. The van der Waals surface area contributed by atoms with Crippen molar-refractivity contribution in [1.29, 1.82) is 0 Å². The van der Waals surface area contributed by atoms with Gasteiger partial charge in [-0.25, -0.2) is 9.97 Å². The second-order valence-corrected chi connectivity index (χ2v) is 6.29. The van der Waals surface area contributed by atoms with Crippen molar-refractivity contribution in [1.82, 2.24) is 9.97 Å². The molecule has 0 spiro atoms. The van der Waals surface area contributed by atoms with Crippen molar-refractivity contribution in [2.45, 2.75) is 13.8 Å². The van der Waals surface area contributed by atoms with Crippen LogP contribution in [0.1, 0.15) is 21.5 Å². The minimum atomic E-state index is -0.0621. The number of halogens is 1. The fraction of sp³-hybridized carbons (Fsp3) is 0.167. The maximum Gasteiger partial charge on any atom is 0.224 e. The maximum absolute atomic E-state index is 12.4. The molecule has 0 saturated carbocycles. The molecule has 1 heterocycles. The van der Waals surface area contributed by atoms with Crippen molar-refractivity contribution in [2.24, 2.45) is 0 Å². The van der Waals surface area contributed by atoms with Gasteiger partial charge in [-0.3, -0.25) is 4.79 Å². The second-order valence-electron chi connectivity index (χ2n) is 5.37. The fourth-order valence-corrected chi connectivity index (χ4v) is 2.73. The summed E-state index contributed by atoms with van der Waals surface area (Å²) >= 11 is 3.42. The first-order chi connectivity index (χ1) is 11.0. The van der Waals surface area contributed by atoms with Crippen molar-refractivity contribution in [2.75, 3.05) is 6.61 Å². The molecule has 5 heteroatoms. The van der Waals surface area contributed by atoms with E-state index in [1.165, 1.54) is 6.33 Å². The Morgan fingerprint density at radius 3 is 2.78 bits per heavy atom. The Balaban J connectivity index is 1.84. The van der Waals surface area contributed by atoms with E-state index in [2.05, 4.69) is 25.9 Å². The first-order valence-electron chi connectivity index (χ1n) is 7.18. The Morgan fingerprint density at radius 2 is 1.96 bits per heavy atom. The zero-order valence-corrected chi connectivity index (χ0v) is 14.4. The van der Waals surface area contributed by atoms with E-state index in [4.69, 9.17) is 4.74 Å². The molecule has 3 rings (SSSR count). The molecule has 0 unspecified atom stereocenters. The number of rotatable bonds is 4. The van der Waals surface area contributed by atoms with Gasteiger partial charge in [0.25, 0.3) is 0 Å². The number of carbonyl (C=O) groups is 1. The number of Topliss-reactive ketones (excluding diaryl/α,β-unsaturated/α-hetero) is 1. The molecule has 3 aromatic rings. The number of carbonyl (C=O) groups excluding carboxylic acids is 1. The Hall–Kier alpha value is -2.27. The average Bonchev–Trinajstić information content (AvgIpc) is 2.54. The van der Waals surface area contributed by atoms with Crippen LogP contribution in [0.4, 0.5) is 0 Å². The van der Waals surface area contributed by atoms with E-state index in [1.807, 2.05) is 50.2 Å². The van der Waals surface area contributed by atoms with Crippen LogP contribution in [0.5, 0.6) is 5.88 Å². The number of hydrogen-bond acceptors (Lipinski definition) is 4. The molecule has 0 aliphatic heterocycles. The Morgan fingerprint density at radius 1 is 1.13 bits per heavy atom. The molecule has 116 valence electrons. The number of nitrogens with zero attached hydrogens (tertiary/aromatic N) is 2. The summed E-state index contributed by atoms with van der Waals surface area (Å²) < 4.78 is 6.57. The van der Waals surface area contributed by atoms with Crippen LogP contribution < -0.4 is 4.74 Å². The number of aromatic nitrogens is 2. The van der Waals surface area contributed by atoms with Crippen LogP contribution in [0.2, 0.25) is 0 Å². The van der Waals surface area contributed by atoms with Gasteiger partial charge in [0.05, 0.1) is 10.9 Å². The minimum absolute atomic E-state index is 0.0527. The Bertz CT molecular complexity index is 893. The standard InChI is InChI=1S/C18H15BrN2O2/c1-11-3-4-12(2)14(7-11)17(22)9-23-18-15-8-13(19)5-6-16(15)20-10-21-18/h3-8,10H,9H2,1-2H3. The fourth-order valence-electron chi connectivity index (χ4n) is 2.37. The zero-order chi connectivity index (χ0) is 16.4. The summed E-state index contributed by atoms with van der Waals surface area (Å²) in [5.41, 5.74) is 3.46. The van der Waals surface area contributed by atoms with Gasteiger partial charge in [0.1, 0.15) is 6.33 Å². The van der Waals surface area contributed by atoms with Gasteiger partial charge in [-0.1, -0.05) is 33.6 Å². The van der Waals surface area contributed by atoms with Crippen molar-refractivity contribution in [3.8, 4) is 5.88 Å². The van der Waals surface area contributed by atoms with Gasteiger partial charge < -0.3 is 4.74 Å².